The molecule has 20 heavy (non-hydrogen) atoms. The predicted molar refractivity (Wildman–Crippen MR) is 83.4 cm³/mol. The molecular weight excluding hydrogens is 248 g/mol. The Morgan fingerprint density at radius 2 is 2.15 bits per heavy atom. The van der Waals surface area contributed by atoms with Gasteiger partial charge in [-0.25, -0.2) is 0 Å². The van der Waals surface area contributed by atoms with E-state index in [2.05, 4.69) is 41.4 Å². The first-order chi connectivity index (χ1) is 9.66. The SMILES string of the molecule is CCNC(=O)C1(C)CCCN1C/C=C/c1ccccc1. The molecule has 0 aromatic heterocycles. The van der Waals surface area contributed by atoms with Crippen LogP contribution in [0.3, 0.4) is 0 Å². The molecule has 0 saturated carbocycles. The third-order valence-corrected chi connectivity index (χ3v) is 4.05. The fraction of sp³-hybridized carbons (Fsp3) is 0.471. The molecule has 2 rings (SSSR count). The van der Waals surface area contributed by atoms with E-state index in [9.17, 15) is 4.79 Å². The highest BCUT2D eigenvalue weighted by atomic mass is 16.2. The van der Waals surface area contributed by atoms with Gasteiger partial charge in [0.2, 0.25) is 5.91 Å². The summed E-state index contributed by atoms with van der Waals surface area (Å²) in [6.07, 6.45) is 6.30. The average Bonchev–Trinajstić information content (AvgIpc) is 2.83. The largest absolute Gasteiger partial charge is 0.355 e. The lowest BCUT2D eigenvalue weighted by atomic mass is 9.97. The van der Waals surface area contributed by atoms with E-state index in [4.69, 9.17) is 0 Å². The van der Waals surface area contributed by atoms with Crippen LogP contribution < -0.4 is 5.32 Å². The first-order valence-electron chi connectivity index (χ1n) is 7.42. The topological polar surface area (TPSA) is 32.3 Å². The molecule has 0 spiro atoms. The second kappa shape index (κ2) is 6.71. The van der Waals surface area contributed by atoms with Gasteiger partial charge in [0.15, 0.2) is 0 Å². The monoisotopic (exact) mass is 272 g/mol. The fourth-order valence-corrected chi connectivity index (χ4v) is 2.80. The molecule has 1 aromatic rings. The molecule has 1 fully saturated rings. The molecule has 1 aliphatic heterocycles. The minimum atomic E-state index is -0.350. The smallest absolute Gasteiger partial charge is 0.240 e. The number of carbonyl (C=O) groups is 1. The van der Waals surface area contributed by atoms with Crippen LogP contribution in [0, 0.1) is 0 Å². The maximum atomic E-state index is 12.2. The summed E-state index contributed by atoms with van der Waals surface area (Å²) in [5.41, 5.74) is 0.850. The van der Waals surface area contributed by atoms with Crippen molar-refractivity contribution in [3.05, 3.63) is 42.0 Å². The van der Waals surface area contributed by atoms with Crippen LogP contribution >= 0.6 is 0 Å². The van der Waals surface area contributed by atoms with Crippen LogP contribution in [0.1, 0.15) is 32.3 Å². The normalized spacial score (nSPS) is 23.3. The van der Waals surface area contributed by atoms with Crippen molar-refractivity contribution in [2.45, 2.75) is 32.2 Å². The zero-order valence-corrected chi connectivity index (χ0v) is 12.4. The van der Waals surface area contributed by atoms with Crippen molar-refractivity contribution in [3.8, 4) is 0 Å². The van der Waals surface area contributed by atoms with Gasteiger partial charge in [0.25, 0.3) is 0 Å². The molecule has 0 bridgehead atoms. The van der Waals surface area contributed by atoms with Gasteiger partial charge >= 0.3 is 0 Å². The summed E-state index contributed by atoms with van der Waals surface area (Å²) in [5, 5.41) is 2.96. The van der Waals surface area contributed by atoms with Gasteiger partial charge in [-0.1, -0.05) is 42.5 Å². The number of hydrogen-bond donors (Lipinski definition) is 1. The molecule has 0 aliphatic carbocycles. The van der Waals surface area contributed by atoms with Gasteiger partial charge in [-0.2, -0.15) is 0 Å². The quantitative estimate of drug-likeness (QED) is 0.894. The van der Waals surface area contributed by atoms with Crippen LogP contribution in [0.2, 0.25) is 0 Å². The molecule has 108 valence electrons. The second-order valence-electron chi connectivity index (χ2n) is 5.50. The number of amides is 1. The molecule has 1 saturated heterocycles. The van der Waals surface area contributed by atoms with Gasteiger partial charge in [0, 0.05) is 13.1 Å². The Morgan fingerprint density at radius 1 is 1.40 bits per heavy atom. The molecule has 0 radical (unpaired) electrons. The second-order valence-corrected chi connectivity index (χ2v) is 5.50. The number of hydrogen-bond acceptors (Lipinski definition) is 2. The first-order valence-corrected chi connectivity index (χ1v) is 7.42. The highest BCUT2D eigenvalue weighted by Gasteiger charge is 2.41. The van der Waals surface area contributed by atoms with Crippen LogP contribution in [-0.2, 0) is 4.79 Å². The Balaban J connectivity index is 1.98. The van der Waals surface area contributed by atoms with E-state index in [1.165, 1.54) is 5.56 Å². The maximum Gasteiger partial charge on any atom is 0.240 e. The summed E-state index contributed by atoms with van der Waals surface area (Å²) in [6.45, 7) is 6.54. The predicted octanol–water partition coefficient (Wildman–Crippen LogP) is 2.69. The summed E-state index contributed by atoms with van der Waals surface area (Å²) in [7, 11) is 0. The Morgan fingerprint density at radius 3 is 2.85 bits per heavy atom. The Labute approximate surface area is 121 Å². The average molecular weight is 272 g/mol. The van der Waals surface area contributed by atoms with Crippen molar-refractivity contribution < 1.29 is 4.79 Å². The summed E-state index contributed by atoms with van der Waals surface area (Å²) in [4.78, 5) is 14.5. The number of nitrogens with zero attached hydrogens (tertiary/aromatic N) is 1. The summed E-state index contributed by atoms with van der Waals surface area (Å²) >= 11 is 0. The van der Waals surface area contributed by atoms with Crippen LogP contribution in [0.5, 0.6) is 0 Å². The van der Waals surface area contributed by atoms with Crippen molar-refractivity contribution in [3.63, 3.8) is 0 Å². The van der Waals surface area contributed by atoms with Gasteiger partial charge in [-0.3, -0.25) is 9.69 Å². The molecule has 1 amide bonds. The van der Waals surface area contributed by atoms with E-state index in [0.29, 0.717) is 6.54 Å². The van der Waals surface area contributed by atoms with E-state index in [-0.39, 0.29) is 11.4 Å². The highest BCUT2D eigenvalue weighted by molar-refractivity contribution is 5.86. The molecule has 3 heteroatoms. The molecule has 1 heterocycles. The number of carbonyl (C=O) groups excluding carboxylic acids is 1. The van der Waals surface area contributed by atoms with Crippen molar-refractivity contribution in [1.82, 2.24) is 10.2 Å². The van der Waals surface area contributed by atoms with E-state index in [0.717, 1.165) is 25.9 Å². The number of nitrogens with one attached hydrogen (secondary N) is 1. The molecule has 3 nitrogen and oxygen atoms in total. The van der Waals surface area contributed by atoms with Crippen LogP contribution in [0.25, 0.3) is 6.08 Å². The number of rotatable bonds is 5. The van der Waals surface area contributed by atoms with Crippen molar-refractivity contribution in [1.29, 1.82) is 0 Å². The van der Waals surface area contributed by atoms with Crippen LogP contribution in [0.4, 0.5) is 0 Å². The maximum absolute atomic E-state index is 12.2. The zero-order chi connectivity index (χ0) is 14.4. The molecule has 1 aliphatic rings. The summed E-state index contributed by atoms with van der Waals surface area (Å²) in [5.74, 6) is 0.158. The lowest BCUT2D eigenvalue weighted by Gasteiger charge is -2.33. The molecule has 1 N–H and O–H groups in total. The lowest BCUT2D eigenvalue weighted by Crippen LogP contribution is -2.53. The van der Waals surface area contributed by atoms with Gasteiger partial charge in [0.1, 0.15) is 0 Å². The van der Waals surface area contributed by atoms with Crippen molar-refractivity contribution in [2.75, 3.05) is 19.6 Å². The Bertz CT molecular complexity index is 469. The lowest BCUT2D eigenvalue weighted by molar-refractivity contribution is -0.130. The van der Waals surface area contributed by atoms with E-state index in [1.54, 1.807) is 0 Å². The number of benzene rings is 1. The van der Waals surface area contributed by atoms with E-state index < -0.39 is 0 Å². The van der Waals surface area contributed by atoms with Crippen LogP contribution in [-0.4, -0.2) is 36.0 Å². The third-order valence-electron chi connectivity index (χ3n) is 4.05. The third kappa shape index (κ3) is 3.28. The van der Waals surface area contributed by atoms with Crippen molar-refractivity contribution >= 4 is 12.0 Å². The van der Waals surface area contributed by atoms with Crippen LogP contribution in [0.15, 0.2) is 36.4 Å². The summed E-state index contributed by atoms with van der Waals surface area (Å²) in [6, 6.07) is 10.3. The first kappa shape index (κ1) is 14.8. The number of likely N-dealkylation sites (tertiary alicyclic amines) is 1. The Hall–Kier alpha value is -1.61. The fourth-order valence-electron chi connectivity index (χ4n) is 2.80. The highest BCUT2D eigenvalue weighted by Crippen LogP contribution is 2.29. The minimum Gasteiger partial charge on any atom is -0.355 e. The molecule has 1 aromatic carbocycles. The van der Waals surface area contributed by atoms with Gasteiger partial charge < -0.3 is 5.32 Å². The molecule has 1 atom stereocenters. The number of likely N-dealkylation sites (N-methyl/N-ethyl adjacent to an activating group) is 1. The Kier molecular flexibility index (Phi) is 4.96. The van der Waals surface area contributed by atoms with Crippen molar-refractivity contribution in [2.24, 2.45) is 0 Å². The van der Waals surface area contributed by atoms with E-state index >= 15 is 0 Å². The van der Waals surface area contributed by atoms with Gasteiger partial charge in [-0.15, -0.1) is 0 Å². The zero-order valence-electron chi connectivity index (χ0n) is 12.4. The summed E-state index contributed by atoms with van der Waals surface area (Å²) < 4.78 is 0. The standard InChI is InChI=1S/C17H24N2O/c1-3-18-16(20)17(2)12-8-14-19(17)13-7-11-15-9-5-4-6-10-15/h4-7,9-11H,3,8,12-14H2,1-2H3,(H,18,20)/b11-7+. The molecule has 1 unspecified atom stereocenters. The van der Waals surface area contributed by atoms with Gasteiger partial charge in [0.05, 0.1) is 5.54 Å². The van der Waals surface area contributed by atoms with E-state index in [1.807, 2.05) is 25.1 Å². The van der Waals surface area contributed by atoms with Gasteiger partial charge in [-0.05, 0) is 38.8 Å². The minimum absolute atomic E-state index is 0.158. The molecular formula is C17H24N2O.